The number of halogens is 2. The lowest BCUT2D eigenvalue weighted by Crippen LogP contribution is -2.45. The SMILES string of the molecule is C[C@](CCN)(NS(=O)(=O)c1ccccc1)c1cc(F)ccc1F. The zero-order chi connectivity index (χ0) is 17.1. The topological polar surface area (TPSA) is 72.2 Å². The number of rotatable bonds is 6. The number of benzene rings is 2. The number of sulfonamides is 1. The largest absolute Gasteiger partial charge is 0.330 e. The third-order valence-corrected chi connectivity index (χ3v) is 5.19. The van der Waals surface area contributed by atoms with Gasteiger partial charge in [0.25, 0.3) is 0 Å². The minimum absolute atomic E-state index is 0.0417. The molecule has 2 aromatic rings. The molecule has 0 aliphatic heterocycles. The summed E-state index contributed by atoms with van der Waals surface area (Å²) in [7, 11) is -3.91. The normalized spacial score (nSPS) is 14.4. The van der Waals surface area contributed by atoms with Crippen LogP contribution in [-0.2, 0) is 15.6 Å². The molecule has 0 spiro atoms. The second-order valence-corrected chi connectivity index (χ2v) is 7.10. The van der Waals surface area contributed by atoms with Crippen LogP contribution in [0.4, 0.5) is 8.78 Å². The van der Waals surface area contributed by atoms with E-state index < -0.39 is 27.2 Å². The first kappa shape index (κ1) is 17.5. The molecule has 23 heavy (non-hydrogen) atoms. The van der Waals surface area contributed by atoms with Gasteiger partial charge in [0.2, 0.25) is 10.0 Å². The first-order valence-corrected chi connectivity index (χ1v) is 8.51. The minimum Gasteiger partial charge on any atom is -0.330 e. The zero-order valence-electron chi connectivity index (χ0n) is 12.6. The van der Waals surface area contributed by atoms with E-state index >= 15 is 0 Å². The molecule has 0 aromatic heterocycles. The van der Waals surface area contributed by atoms with E-state index in [0.717, 1.165) is 18.2 Å². The Kier molecular flexibility index (Phi) is 5.13. The van der Waals surface area contributed by atoms with Gasteiger partial charge >= 0.3 is 0 Å². The number of nitrogens with one attached hydrogen (secondary N) is 1. The summed E-state index contributed by atoms with van der Waals surface area (Å²) in [6, 6.07) is 10.6. The first-order chi connectivity index (χ1) is 10.8. The maximum atomic E-state index is 14.1. The lowest BCUT2D eigenvalue weighted by molar-refractivity contribution is 0.385. The Labute approximate surface area is 134 Å². The maximum absolute atomic E-state index is 14.1. The van der Waals surface area contributed by atoms with E-state index in [-0.39, 0.29) is 23.4 Å². The van der Waals surface area contributed by atoms with Gasteiger partial charge in [-0.25, -0.2) is 21.9 Å². The Morgan fingerprint density at radius 3 is 2.39 bits per heavy atom. The van der Waals surface area contributed by atoms with Crippen LogP contribution in [0.2, 0.25) is 0 Å². The van der Waals surface area contributed by atoms with E-state index in [0.29, 0.717) is 0 Å². The second kappa shape index (κ2) is 6.74. The van der Waals surface area contributed by atoms with Crippen molar-refractivity contribution in [1.82, 2.24) is 4.72 Å². The molecule has 0 aliphatic carbocycles. The molecule has 0 fully saturated rings. The number of hydrogen-bond acceptors (Lipinski definition) is 3. The molecular formula is C16H18F2N2O2S. The van der Waals surface area contributed by atoms with Crippen molar-refractivity contribution in [3.63, 3.8) is 0 Å². The highest BCUT2D eigenvalue weighted by atomic mass is 32.2. The van der Waals surface area contributed by atoms with Gasteiger partial charge in [-0.05, 0) is 50.2 Å². The van der Waals surface area contributed by atoms with Gasteiger partial charge in [0.15, 0.2) is 0 Å². The predicted molar refractivity (Wildman–Crippen MR) is 84.1 cm³/mol. The monoisotopic (exact) mass is 340 g/mol. The van der Waals surface area contributed by atoms with E-state index in [9.17, 15) is 17.2 Å². The second-order valence-electron chi connectivity index (χ2n) is 5.41. The van der Waals surface area contributed by atoms with Crippen molar-refractivity contribution in [2.24, 2.45) is 5.73 Å². The zero-order valence-corrected chi connectivity index (χ0v) is 13.4. The molecule has 0 unspecified atom stereocenters. The fourth-order valence-corrected chi connectivity index (χ4v) is 3.84. The summed E-state index contributed by atoms with van der Waals surface area (Å²) in [5.41, 5.74) is 4.10. The summed E-state index contributed by atoms with van der Waals surface area (Å²) in [6.45, 7) is 1.59. The molecule has 4 nitrogen and oxygen atoms in total. The highest BCUT2D eigenvalue weighted by Gasteiger charge is 2.34. The molecule has 0 saturated carbocycles. The van der Waals surface area contributed by atoms with Crippen molar-refractivity contribution in [3.05, 3.63) is 65.7 Å². The standard InChI is InChI=1S/C16H18F2N2O2S/c1-16(9-10-19,14-11-12(17)7-8-15(14)18)20-23(21,22)13-5-3-2-4-6-13/h2-8,11,20H,9-10,19H2,1H3/t16-/m1/s1. The minimum atomic E-state index is -3.91. The summed E-state index contributed by atoms with van der Waals surface area (Å²) in [6.07, 6.45) is 0.111. The molecule has 7 heteroatoms. The Balaban J connectivity index is 2.48. The molecule has 0 radical (unpaired) electrons. The van der Waals surface area contributed by atoms with Crippen LogP contribution in [-0.4, -0.2) is 15.0 Å². The van der Waals surface area contributed by atoms with Gasteiger partial charge in [0.05, 0.1) is 10.4 Å². The van der Waals surface area contributed by atoms with Gasteiger partial charge in [-0.3, -0.25) is 0 Å². The highest BCUT2D eigenvalue weighted by molar-refractivity contribution is 7.89. The van der Waals surface area contributed by atoms with Gasteiger partial charge in [-0.2, -0.15) is 0 Å². The third kappa shape index (κ3) is 3.93. The Hall–Kier alpha value is -1.83. The quantitative estimate of drug-likeness (QED) is 0.849. The van der Waals surface area contributed by atoms with E-state index in [2.05, 4.69) is 4.72 Å². The Bertz CT molecular complexity index is 782. The van der Waals surface area contributed by atoms with Crippen LogP contribution in [0, 0.1) is 11.6 Å². The maximum Gasteiger partial charge on any atom is 0.241 e. The number of hydrogen-bond donors (Lipinski definition) is 2. The van der Waals surface area contributed by atoms with Crippen molar-refractivity contribution in [1.29, 1.82) is 0 Å². The van der Waals surface area contributed by atoms with Crippen molar-refractivity contribution in [3.8, 4) is 0 Å². The average Bonchev–Trinajstić information content (AvgIpc) is 2.50. The van der Waals surface area contributed by atoms with Crippen LogP contribution in [0.5, 0.6) is 0 Å². The van der Waals surface area contributed by atoms with Crippen LogP contribution < -0.4 is 10.5 Å². The third-order valence-electron chi connectivity index (χ3n) is 3.58. The van der Waals surface area contributed by atoms with Crippen LogP contribution in [0.15, 0.2) is 53.4 Å². The van der Waals surface area contributed by atoms with Crippen molar-refractivity contribution in [2.45, 2.75) is 23.8 Å². The van der Waals surface area contributed by atoms with Crippen molar-refractivity contribution >= 4 is 10.0 Å². The van der Waals surface area contributed by atoms with E-state index in [4.69, 9.17) is 5.73 Å². The average molecular weight is 340 g/mol. The molecule has 124 valence electrons. The van der Waals surface area contributed by atoms with Gasteiger partial charge in [0.1, 0.15) is 11.6 Å². The molecule has 1 atom stereocenters. The lowest BCUT2D eigenvalue weighted by atomic mass is 9.89. The van der Waals surface area contributed by atoms with Gasteiger partial charge in [-0.15, -0.1) is 0 Å². The molecule has 2 rings (SSSR count). The van der Waals surface area contributed by atoms with Crippen molar-refractivity contribution in [2.75, 3.05) is 6.54 Å². The summed E-state index contributed by atoms with van der Waals surface area (Å²) in [5, 5.41) is 0. The lowest BCUT2D eigenvalue weighted by Gasteiger charge is -2.31. The van der Waals surface area contributed by atoms with E-state index in [1.165, 1.54) is 19.1 Å². The summed E-state index contributed by atoms with van der Waals surface area (Å²) >= 11 is 0. The molecule has 3 N–H and O–H groups in total. The predicted octanol–water partition coefficient (Wildman–Crippen LogP) is 2.51. The molecular weight excluding hydrogens is 322 g/mol. The fourth-order valence-electron chi connectivity index (χ4n) is 2.40. The van der Waals surface area contributed by atoms with Gasteiger partial charge in [-0.1, -0.05) is 18.2 Å². The molecule has 0 heterocycles. The van der Waals surface area contributed by atoms with E-state index in [1.54, 1.807) is 18.2 Å². The fraction of sp³-hybridized carbons (Fsp3) is 0.250. The molecule has 0 bridgehead atoms. The van der Waals surface area contributed by atoms with E-state index in [1.807, 2.05) is 0 Å². The van der Waals surface area contributed by atoms with Crippen LogP contribution in [0.1, 0.15) is 18.9 Å². The number of nitrogens with two attached hydrogens (primary N) is 1. The Morgan fingerprint density at radius 1 is 1.13 bits per heavy atom. The Morgan fingerprint density at radius 2 is 1.78 bits per heavy atom. The molecule has 0 saturated heterocycles. The molecule has 0 amide bonds. The van der Waals surface area contributed by atoms with Crippen molar-refractivity contribution < 1.29 is 17.2 Å². The highest BCUT2D eigenvalue weighted by Crippen LogP contribution is 2.29. The van der Waals surface area contributed by atoms with Gasteiger partial charge in [0, 0.05) is 5.56 Å². The smallest absolute Gasteiger partial charge is 0.241 e. The van der Waals surface area contributed by atoms with Crippen LogP contribution >= 0.6 is 0 Å². The first-order valence-electron chi connectivity index (χ1n) is 7.03. The van der Waals surface area contributed by atoms with Crippen LogP contribution in [0.3, 0.4) is 0 Å². The van der Waals surface area contributed by atoms with Crippen LogP contribution in [0.25, 0.3) is 0 Å². The molecule has 2 aromatic carbocycles. The summed E-state index contributed by atoms with van der Waals surface area (Å²) in [4.78, 5) is 0.0417. The summed E-state index contributed by atoms with van der Waals surface area (Å²) < 4.78 is 55.1. The van der Waals surface area contributed by atoms with Gasteiger partial charge < -0.3 is 5.73 Å². The summed E-state index contributed by atoms with van der Waals surface area (Å²) in [5.74, 6) is -1.35. The molecule has 0 aliphatic rings.